The normalized spacial score (nSPS) is 10.6. The van der Waals surface area contributed by atoms with Crippen LogP contribution in [0, 0.1) is 5.82 Å². The van der Waals surface area contributed by atoms with Gasteiger partial charge in [-0.1, -0.05) is 0 Å². The van der Waals surface area contributed by atoms with Gasteiger partial charge in [0.15, 0.2) is 0 Å². The maximum atomic E-state index is 13.3. The van der Waals surface area contributed by atoms with Gasteiger partial charge in [-0.15, -0.1) is 0 Å². The van der Waals surface area contributed by atoms with Gasteiger partial charge in [0.25, 0.3) is 0 Å². The van der Waals surface area contributed by atoms with Crippen molar-refractivity contribution in [2.75, 3.05) is 18.1 Å². The van der Waals surface area contributed by atoms with E-state index in [1.807, 2.05) is 18.7 Å². The first kappa shape index (κ1) is 13.6. The highest BCUT2D eigenvalue weighted by atomic mass is 19.1. The second-order valence-electron chi connectivity index (χ2n) is 4.22. The monoisotopic (exact) mass is 239 g/mol. The van der Waals surface area contributed by atoms with Gasteiger partial charge < -0.3 is 10.0 Å². The van der Waals surface area contributed by atoms with Crippen molar-refractivity contribution in [1.29, 1.82) is 0 Å². The summed E-state index contributed by atoms with van der Waals surface area (Å²) in [7, 11) is 0. The Balaban J connectivity index is 3.00. The third-order valence-corrected chi connectivity index (χ3v) is 2.55. The van der Waals surface area contributed by atoms with E-state index in [0.717, 1.165) is 0 Å². The molecule has 3 nitrogen and oxygen atoms in total. The third kappa shape index (κ3) is 3.82. The Morgan fingerprint density at radius 1 is 1.41 bits per heavy atom. The van der Waals surface area contributed by atoms with Crippen LogP contribution in [0.5, 0.6) is 0 Å². The average Bonchev–Trinajstić information content (AvgIpc) is 2.28. The summed E-state index contributed by atoms with van der Waals surface area (Å²) in [5.74, 6) is -0.417. The Morgan fingerprint density at radius 3 is 2.65 bits per heavy atom. The lowest BCUT2D eigenvalue weighted by molar-refractivity contribution is 0.112. The summed E-state index contributed by atoms with van der Waals surface area (Å²) in [6, 6.07) is 4.46. The molecule has 0 aliphatic heterocycles. The number of anilines is 1. The number of aliphatic hydroxyl groups is 1. The topological polar surface area (TPSA) is 40.5 Å². The summed E-state index contributed by atoms with van der Waals surface area (Å²) in [6.07, 6.45) is 1.25. The summed E-state index contributed by atoms with van der Waals surface area (Å²) >= 11 is 0. The molecule has 0 saturated carbocycles. The summed E-state index contributed by atoms with van der Waals surface area (Å²) in [4.78, 5) is 12.7. The Labute approximate surface area is 101 Å². The molecule has 0 fully saturated rings. The first-order valence-electron chi connectivity index (χ1n) is 5.71. The maximum absolute atomic E-state index is 13.3. The summed E-state index contributed by atoms with van der Waals surface area (Å²) in [6.45, 7) is 4.71. The van der Waals surface area contributed by atoms with Gasteiger partial charge in [0.2, 0.25) is 0 Å². The fraction of sp³-hybridized carbons (Fsp3) is 0.462. The zero-order valence-corrected chi connectivity index (χ0v) is 10.2. The molecule has 0 amide bonds. The number of rotatable bonds is 6. The largest absolute Gasteiger partial charge is 0.396 e. The Hall–Kier alpha value is -1.42. The lowest BCUT2D eigenvalue weighted by Gasteiger charge is -2.29. The minimum absolute atomic E-state index is 0.0963. The fourth-order valence-corrected chi connectivity index (χ4v) is 1.76. The van der Waals surface area contributed by atoms with Gasteiger partial charge in [-0.05, 0) is 38.5 Å². The minimum Gasteiger partial charge on any atom is -0.396 e. The Morgan fingerprint density at radius 2 is 2.12 bits per heavy atom. The molecule has 1 aromatic rings. The number of hydrogen-bond donors (Lipinski definition) is 1. The lowest BCUT2D eigenvalue weighted by atomic mass is 10.1. The molecule has 4 heteroatoms. The van der Waals surface area contributed by atoms with E-state index >= 15 is 0 Å². The summed E-state index contributed by atoms with van der Waals surface area (Å²) in [5, 5.41) is 8.84. The molecule has 0 aliphatic carbocycles. The fourth-order valence-electron chi connectivity index (χ4n) is 1.76. The maximum Gasteiger partial charge on any atom is 0.150 e. The van der Waals surface area contributed by atoms with Crippen molar-refractivity contribution in [2.45, 2.75) is 26.3 Å². The number of hydrogen-bond acceptors (Lipinski definition) is 3. The van der Waals surface area contributed by atoms with E-state index in [2.05, 4.69) is 0 Å². The minimum atomic E-state index is -0.417. The second kappa shape index (κ2) is 6.35. The molecule has 0 spiro atoms. The van der Waals surface area contributed by atoms with E-state index < -0.39 is 5.82 Å². The van der Waals surface area contributed by atoms with Gasteiger partial charge >= 0.3 is 0 Å². The van der Waals surface area contributed by atoms with E-state index in [0.29, 0.717) is 30.5 Å². The zero-order chi connectivity index (χ0) is 12.8. The molecule has 0 aliphatic rings. The molecule has 1 N–H and O–H groups in total. The van der Waals surface area contributed by atoms with Gasteiger partial charge in [0.1, 0.15) is 12.1 Å². The highest BCUT2D eigenvalue weighted by molar-refractivity contribution is 5.77. The third-order valence-electron chi connectivity index (χ3n) is 2.55. The Bertz CT molecular complexity index is 380. The molecule has 0 heterocycles. The molecule has 0 atom stereocenters. The number of halogens is 1. The van der Waals surface area contributed by atoms with Crippen LogP contribution >= 0.6 is 0 Å². The van der Waals surface area contributed by atoms with Crippen LogP contribution in [-0.2, 0) is 0 Å². The van der Waals surface area contributed by atoms with E-state index in [-0.39, 0.29) is 12.6 Å². The molecule has 94 valence electrons. The van der Waals surface area contributed by atoms with E-state index in [1.54, 1.807) is 6.07 Å². The van der Waals surface area contributed by atoms with Crippen LogP contribution in [0.15, 0.2) is 18.2 Å². The predicted molar refractivity (Wildman–Crippen MR) is 66.0 cm³/mol. The molecule has 17 heavy (non-hydrogen) atoms. The SMILES string of the molecule is CC(C)N(CCCO)c1cc(F)cc(C=O)c1. The number of aldehydes is 1. The molecule has 0 aromatic heterocycles. The summed E-state index contributed by atoms with van der Waals surface area (Å²) in [5.41, 5.74) is 1.00. The number of benzene rings is 1. The lowest BCUT2D eigenvalue weighted by Crippen LogP contribution is -2.32. The number of carbonyl (C=O) groups is 1. The molecule has 0 saturated heterocycles. The molecule has 0 unspecified atom stereocenters. The standard InChI is InChI=1S/C13H18FNO2/c1-10(2)15(4-3-5-16)13-7-11(9-17)6-12(14)8-13/h6-10,16H,3-5H2,1-2H3. The van der Waals surface area contributed by atoms with Crippen LogP contribution in [-0.4, -0.2) is 30.6 Å². The predicted octanol–water partition coefficient (Wildman–Crippen LogP) is 2.24. The molecule has 1 rings (SSSR count). The van der Waals surface area contributed by atoms with Crippen molar-refractivity contribution in [3.63, 3.8) is 0 Å². The van der Waals surface area contributed by atoms with Gasteiger partial charge in [0, 0.05) is 30.4 Å². The quantitative estimate of drug-likeness (QED) is 0.774. The van der Waals surface area contributed by atoms with Crippen molar-refractivity contribution >= 4 is 12.0 Å². The second-order valence-corrected chi connectivity index (χ2v) is 4.22. The van der Waals surface area contributed by atoms with Crippen LogP contribution in [0.2, 0.25) is 0 Å². The molecule has 0 bridgehead atoms. The zero-order valence-electron chi connectivity index (χ0n) is 10.2. The average molecular weight is 239 g/mol. The van der Waals surface area contributed by atoms with Gasteiger partial charge in [-0.3, -0.25) is 4.79 Å². The van der Waals surface area contributed by atoms with E-state index in [4.69, 9.17) is 5.11 Å². The molecular weight excluding hydrogens is 221 g/mol. The number of nitrogens with zero attached hydrogens (tertiary/aromatic N) is 1. The van der Waals surface area contributed by atoms with Crippen LogP contribution < -0.4 is 4.90 Å². The first-order valence-corrected chi connectivity index (χ1v) is 5.71. The Kier molecular flexibility index (Phi) is 5.10. The highest BCUT2D eigenvalue weighted by Gasteiger charge is 2.12. The molecule has 1 aromatic carbocycles. The van der Waals surface area contributed by atoms with Crippen LogP contribution in [0.3, 0.4) is 0 Å². The van der Waals surface area contributed by atoms with Crippen molar-refractivity contribution in [3.8, 4) is 0 Å². The molecular formula is C13H18FNO2. The van der Waals surface area contributed by atoms with Gasteiger partial charge in [-0.2, -0.15) is 0 Å². The molecule has 0 radical (unpaired) electrons. The van der Waals surface area contributed by atoms with Crippen LogP contribution in [0.1, 0.15) is 30.6 Å². The van der Waals surface area contributed by atoms with Crippen molar-refractivity contribution < 1.29 is 14.3 Å². The van der Waals surface area contributed by atoms with Crippen LogP contribution in [0.25, 0.3) is 0 Å². The van der Waals surface area contributed by atoms with Crippen molar-refractivity contribution in [2.24, 2.45) is 0 Å². The van der Waals surface area contributed by atoms with E-state index in [1.165, 1.54) is 12.1 Å². The van der Waals surface area contributed by atoms with Gasteiger partial charge in [-0.25, -0.2) is 4.39 Å². The summed E-state index contributed by atoms with van der Waals surface area (Å²) < 4.78 is 13.3. The smallest absolute Gasteiger partial charge is 0.150 e. The van der Waals surface area contributed by atoms with Gasteiger partial charge in [0.05, 0.1) is 0 Å². The number of carbonyl (C=O) groups excluding carboxylic acids is 1. The highest BCUT2D eigenvalue weighted by Crippen LogP contribution is 2.20. The van der Waals surface area contributed by atoms with Crippen molar-refractivity contribution in [3.05, 3.63) is 29.6 Å². The first-order chi connectivity index (χ1) is 8.08. The van der Waals surface area contributed by atoms with Crippen LogP contribution in [0.4, 0.5) is 10.1 Å². The van der Waals surface area contributed by atoms with E-state index in [9.17, 15) is 9.18 Å². The van der Waals surface area contributed by atoms with Crippen molar-refractivity contribution in [1.82, 2.24) is 0 Å². The number of aliphatic hydroxyl groups excluding tert-OH is 1.